The summed E-state index contributed by atoms with van der Waals surface area (Å²) in [6, 6.07) is 9.10. The van der Waals surface area contributed by atoms with Crippen LogP contribution < -0.4 is 4.72 Å². The summed E-state index contributed by atoms with van der Waals surface area (Å²) in [6.45, 7) is 2.48. The van der Waals surface area contributed by atoms with Gasteiger partial charge in [-0.3, -0.25) is 0 Å². The van der Waals surface area contributed by atoms with Gasteiger partial charge < -0.3 is 5.11 Å². The lowest BCUT2D eigenvalue weighted by Crippen LogP contribution is -2.30. The van der Waals surface area contributed by atoms with Crippen molar-refractivity contribution in [2.45, 2.75) is 25.5 Å². The first kappa shape index (κ1) is 15.1. The Morgan fingerprint density at radius 2 is 1.94 bits per heavy atom. The molecule has 18 heavy (non-hydrogen) atoms. The molecule has 5 heteroatoms. The van der Waals surface area contributed by atoms with E-state index < -0.39 is 10.0 Å². The lowest BCUT2D eigenvalue weighted by Gasteiger charge is -2.14. The molecule has 0 fully saturated rings. The van der Waals surface area contributed by atoms with Crippen molar-refractivity contribution in [3.8, 4) is 0 Å². The Kier molecular flexibility index (Phi) is 6.32. The van der Waals surface area contributed by atoms with E-state index in [1.165, 1.54) is 0 Å². The first-order valence-electron chi connectivity index (χ1n) is 6.19. The third kappa shape index (κ3) is 5.62. The molecule has 0 bridgehead atoms. The first-order valence-corrected chi connectivity index (χ1v) is 7.84. The zero-order chi connectivity index (χ0) is 13.4. The topological polar surface area (TPSA) is 66.4 Å². The molecule has 4 nitrogen and oxygen atoms in total. The summed E-state index contributed by atoms with van der Waals surface area (Å²) in [5.41, 5.74) is 0.778. The minimum atomic E-state index is -3.29. The smallest absolute Gasteiger partial charge is 0.215 e. The van der Waals surface area contributed by atoms with Crippen molar-refractivity contribution in [1.29, 1.82) is 0 Å². The van der Waals surface area contributed by atoms with Gasteiger partial charge in [-0.2, -0.15) is 0 Å². The molecule has 0 aliphatic carbocycles. The number of nitrogens with one attached hydrogen (secondary N) is 1. The molecule has 0 aliphatic rings. The maximum atomic E-state index is 11.9. The van der Waals surface area contributed by atoms with E-state index in [1.807, 2.05) is 25.1 Å². The maximum Gasteiger partial charge on any atom is 0.215 e. The highest BCUT2D eigenvalue weighted by Gasteiger charge is 2.14. The van der Waals surface area contributed by atoms with Crippen LogP contribution >= 0.6 is 0 Å². The van der Waals surface area contributed by atoms with Gasteiger partial charge in [-0.1, -0.05) is 43.7 Å². The van der Waals surface area contributed by atoms with Gasteiger partial charge in [-0.25, -0.2) is 13.1 Å². The number of sulfonamides is 1. The van der Waals surface area contributed by atoms with Crippen LogP contribution in [0, 0.1) is 5.92 Å². The van der Waals surface area contributed by atoms with E-state index in [1.54, 1.807) is 12.1 Å². The fraction of sp³-hybridized carbons (Fsp3) is 0.538. The van der Waals surface area contributed by atoms with E-state index in [2.05, 4.69) is 4.72 Å². The molecule has 0 saturated heterocycles. The molecule has 0 spiro atoms. The van der Waals surface area contributed by atoms with Gasteiger partial charge >= 0.3 is 0 Å². The number of hydrogen-bond acceptors (Lipinski definition) is 3. The average molecular weight is 271 g/mol. The average Bonchev–Trinajstić information content (AvgIpc) is 2.35. The Morgan fingerprint density at radius 3 is 2.50 bits per heavy atom. The fourth-order valence-electron chi connectivity index (χ4n) is 1.72. The van der Waals surface area contributed by atoms with E-state index in [0.717, 1.165) is 12.0 Å². The van der Waals surface area contributed by atoms with Crippen molar-refractivity contribution in [1.82, 2.24) is 4.72 Å². The van der Waals surface area contributed by atoms with Crippen molar-refractivity contribution in [3.63, 3.8) is 0 Å². The highest BCUT2D eigenvalue weighted by Crippen LogP contribution is 2.08. The quantitative estimate of drug-likeness (QED) is 0.753. The minimum absolute atomic E-state index is 0.00337. The first-order chi connectivity index (χ1) is 8.57. The predicted octanol–water partition coefficient (Wildman–Crippen LogP) is 1.51. The molecule has 2 N–H and O–H groups in total. The van der Waals surface area contributed by atoms with Gasteiger partial charge in [0.1, 0.15) is 0 Å². The van der Waals surface area contributed by atoms with Gasteiger partial charge in [0.05, 0.1) is 5.75 Å². The van der Waals surface area contributed by atoms with Crippen LogP contribution in [0.2, 0.25) is 0 Å². The van der Waals surface area contributed by atoms with Crippen molar-refractivity contribution >= 4 is 10.0 Å². The number of hydrogen-bond donors (Lipinski definition) is 2. The number of rotatable bonds is 8. The van der Waals surface area contributed by atoms with Crippen LogP contribution in [0.4, 0.5) is 0 Å². The molecule has 0 amide bonds. The van der Waals surface area contributed by atoms with E-state index in [9.17, 15) is 8.42 Å². The molecular weight excluding hydrogens is 250 g/mol. The van der Waals surface area contributed by atoms with Crippen molar-refractivity contribution < 1.29 is 13.5 Å². The van der Waals surface area contributed by atoms with Gasteiger partial charge in [-0.05, 0) is 17.9 Å². The second-order valence-electron chi connectivity index (χ2n) is 4.38. The summed E-state index contributed by atoms with van der Waals surface area (Å²) < 4.78 is 26.3. The van der Waals surface area contributed by atoms with Crippen molar-refractivity contribution in [2.75, 3.05) is 13.2 Å². The normalized spacial score (nSPS) is 13.4. The van der Waals surface area contributed by atoms with Crippen LogP contribution in [0.15, 0.2) is 30.3 Å². The fourth-order valence-corrected chi connectivity index (χ4v) is 2.95. The van der Waals surface area contributed by atoms with Gasteiger partial charge in [0.25, 0.3) is 0 Å². The summed E-state index contributed by atoms with van der Waals surface area (Å²) in [5, 5.41) is 8.86. The number of aliphatic hydroxyl groups is 1. The van der Waals surface area contributed by atoms with Crippen LogP contribution in [0.5, 0.6) is 0 Å². The van der Waals surface area contributed by atoms with Crippen LogP contribution in [0.25, 0.3) is 0 Å². The molecular formula is C13H21NO3S. The third-order valence-electron chi connectivity index (χ3n) is 2.91. The summed E-state index contributed by atoms with van der Waals surface area (Å²) in [6.07, 6.45) is 1.48. The summed E-state index contributed by atoms with van der Waals surface area (Å²) in [7, 11) is -3.29. The number of aliphatic hydroxyl groups excluding tert-OH is 1. The molecule has 1 atom stereocenters. The molecule has 0 saturated carbocycles. The Morgan fingerprint density at radius 1 is 1.28 bits per heavy atom. The molecule has 1 unspecified atom stereocenters. The largest absolute Gasteiger partial charge is 0.396 e. The molecule has 1 aromatic carbocycles. The van der Waals surface area contributed by atoms with Gasteiger partial charge in [0.15, 0.2) is 0 Å². The molecule has 102 valence electrons. The summed E-state index contributed by atoms with van der Waals surface area (Å²) in [4.78, 5) is 0. The molecule has 0 aromatic heterocycles. The predicted molar refractivity (Wildman–Crippen MR) is 72.6 cm³/mol. The van der Waals surface area contributed by atoms with Crippen LogP contribution in [0.3, 0.4) is 0 Å². The highest BCUT2D eigenvalue weighted by atomic mass is 32.2. The summed E-state index contributed by atoms with van der Waals surface area (Å²) >= 11 is 0. The maximum absolute atomic E-state index is 11.9. The molecule has 1 rings (SSSR count). The SMILES string of the molecule is CCC(CCO)CNS(=O)(=O)Cc1ccccc1. The summed E-state index contributed by atoms with van der Waals surface area (Å²) in [5.74, 6) is 0.198. The van der Waals surface area contributed by atoms with Crippen LogP contribution in [-0.2, 0) is 15.8 Å². The Hall–Kier alpha value is -0.910. The molecule has 1 aromatic rings. The van der Waals surface area contributed by atoms with E-state index in [4.69, 9.17) is 5.11 Å². The monoisotopic (exact) mass is 271 g/mol. The van der Waals surface area contributed by atoms with Gasteiger partial charge in [0, 0.05) is 13.2 Å². The highest BCUT2D eigenvalue weighted by molar-refractivity contribution is 7.88. The molecule has 0 aliphatic heterocycles. The van der Waals surface area contributed by atoms with Crippen molar-refractivity contribution in [3.05, 3.63) is 35.9 Å². The Labute approximate surface area is 109 Å². The standard InChI is InChI=1S/C13H21NO3S/c1-2-12(8-9-15)10-14-18(16,17)11-13-6-4-3-5-7-13/h3-7,12,14-15H,2,8-11H2,1H3. The van der Waals surface area contributed by atoms with E-state index >= 15 is 0 Å². The van der Waals surface area contributed by atoms with E-state index in [-0.39, 0.29) is 18.3 Å². The second-order valence-corrected chi connectivity index (χ2v) is 6.19. The minimum Gasteiger partial charge on any atom is -0.396 e. The lowest BCUT2D eigenvalue weighted by molar-refractivity contribution is 0.254. The molecule has 0 heterocycles. The Bertz CT molecular complexity index is 431. The zero-order valence-electron chi connectivity index (χ0n) is 10.7. The second kappa shape index (κ2) is 7.51. The third-order valence-corrected chi connectivity index (χ3v) is 4.23. The number of benzene rings is 1. The molecule has 0 radical (unpaired) electrons. The van der Waals surface area contributed by atoms with Crippen LogP contribution in [0.1, 0.15) is 25.3 Å². The van der Waals surface area contributed by atoms with E-state index in [0.29, 0.717) is 13.0 Å². The Balaban J connectivity index is 2.50. The van der Waals surface area contributed by atoms with Gasteiger partial charge in [-0.15, -0.1) is 0 Å². The van der Waals surface area contributed by atoms with Crippen molar-refractivity contribution in [2.24, 2.45) is 5.92 Å². The van der Waals surface area contributed by atoms with Crippen LogP contribution in [-0.4, -0.2) is 26.7 Å². The van der Waals surface area contributed by atoms with Gasteiger partial charge in [0.2, 0.25) is 10.0 Å². The lowest BCUT2D eigenvalue weighted by atomic mass is 10.0. The zero-order valence-corrected chi connectivity index (χ0v) is 11.5.